The fourth-order valence-electron chi connectivity index (χ4n) is 1.74. The second-order valence-corrected chi connectivity index (χ2v) is 3.98. The predicted molar refractivity (Wildman–Crippen MR) is 68.5 cm³/mol. The molecule has 0 saturated carbocycles. The molecule has 0 aliphatic carbocycles. The smallest absolute Gasteiger partial charge is 0.251 e. The lowest BCUT2D eigenvalue weighted by Gasteiger charge is -1.98. The van der Waals surface area contributed by atoms with Crippen LogP contribution in [0.1, 0.15) is 0 Å². The van der Waals surface area contributed by atoms with Gasteiger partial charge in [0, 0.05) is 5.56 Å². The van der Waals surface area contributed by atoms with Crippen molar-refractivity contribution in [2.45, 2.75) is 0 Å². The zero-order chi connectivity index (χ0) is 13.2. The van der Waals surface area contributed by atoms with E-state index in [1.165, 1.54) is 6.07 Å². The van der Waals surface area contributed by atoms with Crippen molar-refractivity contribution >= 4 is 0 Å². The number of hydrogen-bond acceptors (Lipinski definition) is 5. The molecule has 0 amide bonds. The first-order valence-electron chi connectivity index (χ1n) is 5.65. The lowest BCUT2D eigenvalue weighted by molar-refractivity contribution is 0.472. The molecule has 0 aliphatic heterocycles. The van der Waals surface area contributed by atoms with Crippen LogP contribution in [-0.2, 0) is 0 Å². The maximum Gasteiger partial charge on any atom is 0.251 e. The molecule has 3 aromatic rings. The van der Waals surface area contributed by atoms with Crippen LogP contribution in [0, 0.1) is 0 Å². The molecule has 0 radical (unpaired) electrons. The number of rotatable bonds is 2. The molecule has 2 N–H and O–H groups in total. The normalized spacial score (nSPS) is 10.5. The largest absolute Gasteiger partial charge is 0.508 e. The van der Waals surface area contributed by atoms with Gasteiger partial charge < -0.3 is 14.6 Å². The van der Waals surface area contributed by atoms with Crippen molar-refractivity contribution in [3.8, 4) is 34.4 Å². The van der Waals surface area contributed by atoms with Crippen LogP contribution < -0.4 is 0 Å². The molecule has 2 aromatic carbocycles. The Bertz CT molecular complexity index is 722. The second kappa shape index (κ2) is 4.45. The van der Waals surface area contributed by atoms with Crippen molar-refractivity contribution in [1.29, 1.82) is 0 Å². The van der Waals surface area contributed by atoms with Gasteiger partial charge in [-0.2, -0.15) is 0 Å². The number of aromatic hydroxyl groups is 2. The van der Waals surface area contributed by atoms with Crippen LogP contribution in [-0.4, -0.2) is 20.4 Å². The molecule has 0 fully saturated rings. The molecule has 19 heavy (non-hydrogen) atoms. The topological polar surface area (TPSA) is 79.4 Å². The Labute approximate surface area is 108 Å². The zero-order valence-corrected chi connectivity index (χ0v) is 9.82. The van der Waals surface area contributed by atoms with Gasteiger partial charge in [0.15, 0.2) is 0 Å². The third-order valence-corrected chi connectivity index (χ3v) is 2.65. The number of hydrogen-bond donors (Lipinski definition) is 2. The molecule has 5 heteroatoms. The van der Waals surface area contributed by atoms with Gasteiger partial charge in [0.1, 0.15) is 11.5 Å². The third-order valence-electron chi connectivity index (χ3n) is 2.65. The summed E-state index contributed by atoms with van der Waals surface area (Å²) in [5.41, 5.74) is 1.09. The van der Waals surface area contributed by atoms with Gasteiger partial charge in [0.25, 0.3) is 5.89 Å². The van der Waals surface area contributed by atoms with Crippen LogP contribution in [0.2, 0.25) is 0 Å². The molecule has 5 nitrogen and oxygen atoms in total. The molecule has 94 valence electrons. The van der Waals surface area contributed by atoms with Gasteiger partial charge in [-0.15, -0.1) is 10.2 Å². The summed E-state index contributed by atoms with van der Waals surface area (Å²) in [5, 5.41) is 26.9. The summed E-state index contributed by atoms with van der Waals surface area (Å²) in [4.78, 5) is 0. The molecule has 0 spiro atoms. The number of phenols is 2. The average molecular weight is 254 g/mol. The maximum atomic E-state index is 9.72. The average Bonchev–Trinajstić information content (AvgIpc) is 2.89. The van der Waals surface area contributed by atoms with Crippen LogP contribution in [0.4, 0.5) is 0 Å². The molecule has 0 unspecified atom stereocenters. The number of aromatic nitrogens is 2. The van der Waals surface area contributed by atoms with Crippen molar-refractivity contribution in [3.63, 3.8) is 0 Å². The Balaban J connectivity index is 2.03. The highest BCUT2D eigenvalue weighted by Crippen LogP contribution is 2.30. The second-order valence-electron chi connectivity index (χ2n) is 3.98. The van der Waals surface area contributed by atoms with Crippen molar-refractivity contribution in [3.05, 3.63) is 48.5 Å². The molecular weight excluding hydrogens is 244 g/mol. The minimum Gasteiger partial charge on any atom is -0.508 e. The van der Waals surface area contributed by atoms with E-state index in [1.807, 2.05) is 0 Å². The van der Waals surface area contributed by atoms with Gasteiger partial charge in [0.2, 0.25) is 5.89 Å². The molecule has 1 aromatic heterocycles. The van der Waals surface area contributed by atoms with Crippen molar-refractivity contribution < 1.29 is 14.6 Å². The summed E-state index contributed by atoms with van der Waals surface area (Å²) in [7, 11) is 0. The summed E-state index contributed by atoms with van der Waals surface area (Å²) < 4.78 is 5.50. The zero-order valence-electron chi connectivity index (χ0n) is 9.82. The first kappa shape index (κ1) is 11.3. The lowest BCUT2D eigenvalue weighted by atomic mass is 10.2. The van der Waals surface area contributed by atoms with Crippen LogP contribution in [0.25, 0.3) is 22.9 Å². The molecule has 1 heterocycles. The van der Waals surface area contributed by atoms with Crippen molar-refractivity contribution in [2.24, 2.45) is 0 Å². The van der Waals surface area contributed by atoms with E-state index in [-0.39, 0.29) is 23.3 Å². The van der Waals surface area contributed by atoms with E-state index >= 15 is 0 Å². The summed E-state index contributed by atoms with van der Waals surface area (Å²) in [6.07, 6.45) is 0. The van der Waals surface area contributed by atoms with Crippen molar-refractivity contribution in [2.75, 3.05) is 0 Å². The molecule has 0 bridgehead atoms. The van der Waals surface area contributed by atoms with Gasteiger partial charge in [0.05, 0.1) is 5.56 Å². The quantitative estimate of drug-likeness (QED) is 0.735. The number of nitrogens with zero attached hydrogens (tertiary/aromatic N) is 2. The standard InChI is InChI=1S/C14H10N2O3/c17-10-5-3-4-9(8-10)13-15-16-14(19-13)11-6-1-2-7-12(11)18/h1-8,17-18H. The highest BCUT2D eigenvalue weighted by Gasteiger charge is 2.13. The first-order valence-corrected chi connectivity index (χ1v) is 5.65. The molecule has 0 aliphatic rings. The van der Waals surface area contributed by atoms with Gasteiger partial charge >= 0.3 is 0 Å². The van der Waals surface area contributed by atoms with E-state index in [2.05, 4.69) is 10.2 Å². The monoisotopic (exact) mass is 254 g/mol. The highest BCUT2D eigenvalue weighted by atomic mass is 16.4. The fraction of sp³-hybridized carbons (Fsp3) is 0. The van der Waals surface area contributed by atoms with E-state index < -0.39 is 0 Å². The molecule has 0 atom stereocenters. The third kappa shape index (κ3) is 2.13. The van der Waals surface area contributed by atoms with Crippen LogP contribution in [0.3, 0.4) is 0 Å². The van der Waals surface area contributed by atoms with Crippen LogP contribution >= 0.6 is 0 Å². The highest BCUT2D eigenvalue weighted by molar-refractivity contribution is 5.63. The Morgan fingerprint density at radius 2 is 1.63 bits per heavy atom. The predicted octanol–water partition coefficient (Wildman–Crippen LogP) is 2.81. The van der Waals surface area contributed by atoms with E-state index in [1.54, 1.807) is 42.5 Å². The molecular formula is C14H10N2O3. The Morgan fingerprint density at radius 3 is 2.42 bits per heavy atom. The Hall–Kier alpha value is -2.82. The van der Waals surface area contributed by atoms with Crippen LogP contribution in [0.15, 0.2) is 52.9 Å². The minimum atomic E-state index is 0.0774. The first-order chi connectivity index (χ1) is 9.24. The minimum absolute atomic E-state index is 0.0774. The van der Waals surface area contributed by atoms with E-state index in [0.717, 1.165) is 0 Å². The van der Waals surface area contributed by atoms with Gasteiger partial charge in [-0.05, 0) is 30.3 Å². The number of phenolic OH excluding ortho intramolecular Hbond substituents is 2. The van der Waals surface area contributed by atoms with Gasteiger partial charge in [-0.25, -0.2) is 0 Å². The van der Waals surface area contributed by atoms with E-state index in [4.69, 9.17) is 4.42 Å². The summed E-state index contributed by atoms with van der Waals surface area (Å²) in [5.74, 6) is 0.721. The SMILES string of the molecule is Oc1cccc(-c2nnc(-c3ccccc3O)o2)c1. The number of benzene rings is 2. The van der Waals surface area contributed by atoms with Crippen molar-refractivity contribution in [1.82, 2.24) is 10.2 Å². The lowest BCUT2D eigenvalue weighted by Crippen LogP contribution is -1.78. The van der Waals surface area contributed by atoms with Gasteiger partial charge in [-0.3, -0.25) is 0 Å². The Kier molecular flexibility index (Phi) is 2.64. The van der Waals surface area contributed by atoms with E-state index in [0.29, 0.717) is 11.1 Å². The van der Waals surface area contributed by atoms with E-state index in [9.17, 15) is 10.2 Å². The number of para-hydroxylation sites is 1. The summed E-state index contributed by atoms with van der Waals surface area (Å²) >= 11 is 0. The molecule has 0 saturated heterocycles. The Morgan fingerprint density at radius 1 is 0.842 bits per heavy atom. The van der Waals surface area contributed by atoms with Gasteiger partial charge in [-0.1, -0.05) is 18.2 Å². The summed E-state index contributed by atoms with van der Waals surface area (Å²) in [6.45, 7) is 0. The maximum absolute atomic E-state index is 9.72. The molecule has 3 rings (SSSR count). The summed E-state index contributed by atoms with van der Waals surface area (Å²) in [6, 6.07) is 13.3. The van der Waals surface area contributed by atoms with Crippen LogP contribution in [0.5, 0.6) is 11.5 Å². The fourth-order valence-corrected chi connectivity index (χ4v) is 1.74.